The van der Waals surface area contributed by atoms with Crippen molar-refractivity contribution in [3.05, 3.63) is 51.0 Å². The van der Waals surface area contributed by atoms with Gasteiger partial charge in [-0.3, -0.25) is 0 Å². The predicted molar refractivity (Wildman–Crippen MR) is 80.9 cm³/mol. The van der Waals surface area contributed by atoms with E-state index in [1.54, 1.807) is 12.1 Å². The monoisotopic (exact) mass is 341 g/mol. The maximum Gasteiger partial charge on any atom is 0.337 e. The molecule has 0 aliphatic carbocycles. The largest absolute Gasteiger partial charge is 0.478 e. The summed E-state index contributed by atoms with van der Waals surface area (Å²) in [4.78, 5) is 11.4. The number of aromatic carboxylic acids is 1. The van der Waals surface area contributed by atoms with E-state index in [9.17, 15) is 9.90 Å². The zero-order valence-corrected chi connectivity index (χ0v) is 12.5. The van der Waals surface area contributed by atoms with Crippen LogP contribution in [-0.2, 0) is 0 Å². The van der Waals surface area contributed by atoms with E-state index in [0.29, 0.717) is 21.7 Å². The fourth-order valence-electron chi connectivity index (χ4n) is 1.99. The predicted octanol–water partition coefficient (Wildman–Crippen LogP) is 4.08. The van der Waals surface area contributed by atoms with Crippen molar-refractivity contribution < 1.29 is 9.90 Å². The van der Waals surface area contributed by atoms with Crippen LogP contribution in [0.3, 0.4) is 0 Å². The molecule has 0 aliphatic rings. The molecular formula is C13H6Cl3N3O2. The van der Waals surface area contributed by atoms with E-state index in [4.69, 9.17) is 34.8 Å². The number of halogens is 3. The third kappa shape index (κ3) is 2.33. The lowest BCUT2D eigenvalue weighted by atomic mass is 10.2. The van der Waals surface area contributed by atoms with Crippen molar-refractivity contribution in [3.8, 4) is 5.69 Å². The Labute approximate surface area is 133 Å². The van der Waals surface area contributed by atoms with Gasteiger partial charge in [0.15, 0.2) is 0 Å². The summed E-state index contributed by atoms with van der Waals surface area (Å²) in [6.07, 6.45) is 0. The number of hydrogen-bond donors (Lipinski definition) is 1. The fourth-order valence-corrected chi connectivity index (χ4v) is 2.61. The highest BCUT2D eigenvalue weighted by Crippen LogP contribution is 2.32. The molecule has 0 fully saturated rings. The summed E-state index contributed by atoms with van der Waals surface area (Å²) in [6, 6.07) is 7.71. The van der Waals surface area contributed by atoms with Crippen molar-refractivity contribution >= 4 is 51.8 Å². The number of nitrogens with zero attached hydrogens (tertiary/aromatic N) is 3. The molecule has 8 heteroatoms. The molecule has 1 aromatic heterocycles. The highest BCUT2D eigenvalue weighted by atomic mass is 35.5. The Hall–Kier alpha value is -1.82. The Bertz CT molecular complexity index is 876. The number of aromatic nitrogens is 3. The Morgan fingerprint density at radius 3 is 2.52 bits per heavy atom. The molecule has 0 amide bonds. The average molecular weight is 343 g/mol. The average Bonchev–Trinajstić information content (AvgIpc) is 2.86. The molecule has 106 valence electrons. The lowest BCUT2D eigenvalue weighted by Gasteiger charge is -2.08. The molecule has 0 spiro atoms. The summed E-state index contributed by atoms with van der Waals surface area (Å²) < 4.78 is 1.34. The van der Waals surface area contributed by atoms with Crippen LogP contribution in [0.15, 0.2) is 30.3 Å². The number of carboxylic acid groups (broad SMARTS) is 1. The van der Waals surface area contributed by atoms with Gasteiger partial charge in [-0.05, 0) is 24.3 Å². The van der Waals surface area contributed by atoms with Gasteiger partial charge >= 0.3 is 5.97 Å². The van der Waals surface area contributed by atoms with Gasteiger partial charge < -0.3 is 5.11 Å². The van der Waals surface area contributed by atoms with Crippen LogP contribution < -0.4 is 0 Å². The quantitative estimate of drug-likeness (QED) is 0.713. The summed E-state index contributed by atoms with van der Waals surface area (Å²) in [6.45, 7) is 0. The van der Waals surface area contributed by atoms with Gasteiger partial charge in [0.2, 0.25) is 0 Å². The SMILES string of the molecule is O=C(O)c1cccc2nnn(-c3cc(Cl)c(Cl)cc3Cl)c12. The van der Waals surface area contributed by atoms with E-state index < -0.39 is 5.97 Å². The minimum absolute atomic E-state index is 0.0691. The van der Waals surface area contributed by atoms with Crippen LogP contribution in [0.25, 0.3) is 16.7 Å². The van der Waals surface area contributed by atoms with Gasteiger partial charge in [-0.15, -0.1) is 5.10 Å². The first-order valence-corrected chi connectivity index (χ1v) is 6.85. The molecule has 1 heterocycles. The number of carboxylic acids is 1. The maximum atomic E-state index is 11.4. The molecule has 0 unspecified atom stereocenters. The minimum Gasteiger partial charge on any atom is -0.478 e. The summed E-state index contributed by atoms with van der Waals surface area (Å²) in [7, 11) is 0. The zero-order valence-electron chi connectivity index (χ0n) is 10.2. The molecule has 5 nitrogen and oxygen atoms in total. The normalized spacial score (nSPS) is 11.0. The van der Waals surface area contributed by atoms with E-state index in [-0.39, 0.29) is 15.6 Å². The number of hydrogen-bond acceptors (Lipinski definition) is 3. The summed E-state index contributed by atoms with van der Waals surface area (Å²) in [5.74, 6) is -1.08. The van der Waals surface area contributed by atoms with Crippen molar-refractivity contribution in [3.63, 3.8) is 0 Å². The van der Waals surface area contributed by atoms with Gasteiger partial charge in [-0.1, -0.05) is 46.1 Å². The molecule has 21 heavy (non-hydrogen) atoms. The third-order valence-corrected chi connectivity index (χ3v) is 3.94. The van der Waals surface area contributed by atoms with E-state index >= 15 is 0 Å². The van der Waals surface area contributed by atoms with Gasteiger partial charge in [-0.2, -0.15) is 0 Å². The number of carbonyl (C=O) groups is 1. The van der Waals surface area contributed by atoms with Crippen molar-refractivity contribution in [2.24, 2.45) is 0 Å². The van der Waals surface area contributed by atoms with Crippen LogP contribution in [0.1, 0.15) is 10.4 Å². The Kier molecular flexibility index (Phi) is 3.49. The van der Waals surface area contributed by atoms with Crippen LogP contribution in [-0.4, -0.2) is 26.1 Å². The molecule has 3 aromatic rings. The minimum atomic E-state index is -1.08. The lowest BCUT2D eigenvalue weighted by Crippen LogP contribution is -2.04. The van der Waals surface area contributed by atoms with Crippen LogP contribution in [0.5, 0.6) is 0 Å². The topological polar surface area (TPSA) is 68.0 Å². The Morgan fingerprint density at radius 1 is 1.10 bits per heavy atom. The summed E-state index contributed by atoms with van der Waals surface area (Å²) in [5.41, 5.74) is 1.25. The molecular weight excluding hydrogens is 337 g/mol. The third-order valence-electron chi connectivity index (χ3n) is 2.92. The molecule has 0 radical (unpaired) electrons. The second-order valence-electron chi connectivity index (χ2n) is 4.20. The van der Waals surface area contributed by atoms with Crippen molar-refractivity contribution in [1.29, 1.82) is 0 Å². The molecule has 2 aromatic carbocycles. The van der Waals surface area contributed by atoms with Crippen molar-refractivity contribution in [2.45, 2.75) is 0 Å². The Morgan fingerprint density at radius 2 is 1.81 bits per heavy atom. The maximum absolute atomic E-state index is 11.4. The number of benzene rings is 2. The molecule has 1 N–H and O–H groups in total. The first-order chi connectivity index (χ1) is 9.99. The van der Waals surface area contributed by atoms with Crippen LogP contribution in [0, 0.1) is 0 Å². The number of para-hydroxylation sites is 1. The van der Waals surface area contributed by atoms with Gasteiger partial charge in [0.25, 0.3) is 0 Å². The van der Waals surface area contributed by atoms with Crippen molar-refractivity contribution in [1.82, 2.24) is 15.0 Å². The molecule has 0 bridgehead atoms. The van der Waals surface area contributed by atoms with Gasteiger partial charge in [0.05, 0.1) is 26.3 Å². The highest BCUT2D eigenvalue weighted by Gasteiger charge is 2.18. The van der Waals surface area contributed by atoms with Crippen LogP contribution in [0.4, 0.5) is 0 Å². The van der Waals surface area contributed by atoms with Crippen LogP contribution >= 0.6 is 34.8 Å². The van der Waals surface area contributed by atoms with Gasteiger partial charge in [0.1, 0.15) is 11.0 Å². The molecule has 0 atom stereocenters. The molecule has 0 aliphatic heterocycles. The highest BCUT2D eigenvalue weighted by molar-refractivity contribution is 6.43. The smallest absolute Gasteiger partial charge is 0.337 e. The second-order valence-corrected chi connectivity index (χ2v) is 5.42. The number of fused-ring (bicyclic) bond motifs is 1. The van der Waals surface area contributed by atoms with E-state index in [0.717, 1.165) is 0 Å². The molecule has 0 saturated carbocycles. The fraction of sp³-hybridized carbons (Fsp3) is 0. The first-order valence-electron chi connectivity index (χ1n) is 5.71. The standard InChI is InChI=1S/C13H6Cl3N3O2/c14-7-4-9(16)11(5-8(7)15)19-12-6(13(20)21)2-1-3-10(12)17-18-19/h1-5H,(H,20,21). The van der Waals surface area contributed by atoms with Crippen molar-refractivity contribution in [2.75, 3.05) is 0 Å². The first kappa shape index (κ1) is 14.1. The zero-order chi connectivity index (χ0) is 15.1. The number of rotatable bonds is 2. The molecule has 0 saturated heterocycles. The second kappa shape index (κ2) is 5.18. The van der Waals surface area contributed by atoms with E-state index in [2.05, 4.69) is 10.3 Å². The van der Waals surface area contributed by atoms with E-state index in [1.165, 1.54) is 22.9 Å². The van der Waals surface area contributed by atoms with E-state index in [1.807, 2.05) is 0 Å². The van der Waals surface area contributed by atoms with Gasteiger partial charge in [-0.25, -0.2) is 9.48 Å². The Balaban J connectivity index is 2.36. The van der Waals surface area contributed by atoms with Gasteiger partial charge in [0, 0.05) is 0 Å². The summed E-state index contributed by atoms with van der Waals surface area (Å²) >= 11 is 18.0. The summed E-state index contributed by atoms with van der Waals surface area (Å²) in [5, 5.41) is 18.1. The molecule has 3 rings (SSSR count). The van der Waals surface area contributed by atoms with Crippen LogP contribution in [0.2, 0.25) is 15.1 Å². The lowest BCUT2D eigenvalue weighted by molar-refractivity contribution is 0.0698.